The molecule has 0 amide bonds. The van der Waals surface area contributed by atoms with E-state index in [4.69, 9.17) is 18.6 Å². The van der Waals surface area contributed by atoms with E-state index >= 15 is 0 Å². The van der Waals surface area contributed by atoms with Gasteiger partial charge in [0, 0.05) is 12.0 Å². The summed E-state index contributed by atoms with van der Waals surface area (Å²) in [6.07, 6.45) is 1.40. The minimum Gasteiger partial charge on any atom is -0.486 e. The van der Waals surface area contributed by atoms with Gasteiger partial charge in [-0.15, -0.1) is 0 Å². The molecular weight excluding hydrogens is 374 g/mol. The molecule has 0 spiro atoms. The third kappa shape index (κ3) is 3.69. The summed E-state index contributed by atoms with van der Waals surface area (Å²) in [4.78, 5) is 25.1. The van der Waals surface area contributed by atoms with Crippen LogP contribution >= 0.6 is 0 Å². The van der Waals surface area contributed by atoms with Gasteiger partial charge in [0.2, 0.25) is 0 Å². The predicted octanol–water partition coefficient (Wildman–Crippen LogP) is 2.40. The Kier molecular flexibility index (Phi) is 4.98. The van der Waals surface area contributed by atoms with Crippen LogP contribution in [-0.4, -0.2) is 25.2 Å². The quantitative estimate of drug-likeness (QED) is 0.537. The average Bonchev–Trinajstić information content (AvgIpc) is 2.73. The first-order chi connectivity index (χ1) is 13.9. The van der Waals surface area contributed by atoms with E-state index in [-0.39, 0.29) is 11.3 Å². The summed E-state index contributed by atoms with van der Waals surface area (Å²) in [5.41, 5.74) is 5.07. The van der Waals surface area contributed by atoms with Gasteiger partial charge in [0.15, 0.2) is 23.0 Å². The molecule has 150 valence electrons. The largest absolute Gasteiger partial charge is 0.486 e. The van der Waals surface area contributed by atoms with Crippen molar-refractivity contribution in [3.63, 3.8) is 0 Å². The number of hydrogen-bond acceptors (Lipinski definition) is 6. The van der Waals surface area contributed by atoms with Crippen LogP contribution in [0.1, 0.15) is 13.8 Å². The van der Waals surface area contributed by atoms with Gasteiger partial charge in [0.1, 0.15) is 30.8 Å². The zero-order chi connectivity index (χ0) is 20.5. The summed E-state index contributed by atoms with van der Waals surface area (Å²) in [6.45, 7) is 4.77. The number of esters is 1. The van der Waals surface area contributed by atoms with E-state index in [9.17, 15) is 9.59 Å². The van der Waals surface area contributed by atoms with Crippen molar-refractivity contribution in [1.29, 1.82) is 0 Å². The highest BCUT2D eigenvalue weighted by Gasteiger charge is 2.24. The van der Waals surface area contributed by atoms with Gasteiger partial charge in [-0.05, 0) is 29.8 Å². The summed E-state index contributed by atoms with van der Waals surface area (Å²) >= 11 is 0. The molecule has 0 saturated heterocycles. The van der Waals surface area contributed by atoms with Crippen molar-refractivity contribution in [3.05, 3.63) is 52.9 Å². The molecule has 1 atom stereocenters. The van der Waals surface area contributed by atoms with Crippen molar-refractivity contribution in [3.8, 4) is 28.4 Å². The molecule has 3 aromatic rings. The second-order valence-electron chi connectivity index (χ2n) is 7.27. The molecule has 2 aromatic carbocycles. The second kappa shape index (κ2) is 7.60. The fourth-order valence-electron chi connectivity index (χ4n) is 3.05. The van der Waals surface area contributed by atoms with Crippen LogP contribution in [0.5, 0.6) is 17.2 Å². The molecule has 0 unspecified atom stereocenters. The molecule has 29 heavy (non-hydrogen) atoms. The Hall–Kier alpha value is -3.32. The van der Waals surface area contributed by atoms with E-state index in [0.29, 0.717) is 52.6 Å². The molecule has 0 aliphatic carbocycles. The molecule has 7 nitrogen and oxygen atoms in total. The highest BCUT2D eigenvalue weighted by molar-refractivity contribution is 5.84. The number of benzene rings is 2. The van der Waals surface area contributed by atoms with E-state index in [1.807, 2.05) is 13.8 Å². The number of hydrogen-bond donors (Lipinski definition) is 1. The van der Waals surface area contributed by atoms with Crippen molar-refractivity contribution in [2.75, 3.05) is 13.2 Å². The topological polar surface area (TPSA) is 103 Å². The third-order valence-electron chi connectivity index (χ3n) is 4.93. The molecule has 0 radical (unpaired) electrons. The van der Waals surface area contributed by atoms with Crippen LogP contribution in [0.3, 0.4) is 0 Å². The van der Waals surface area contributed by atoms with Crippen molar-refractivity contribution < 1.29 is 29.2 Å². The molecule has 1 aromatic heterocycles. The van der Waals surface area contributed by atoms with E-state index in [0.717, 1.165) is 0 Å². The van der Waals surface area contributed by atoms with Crippen molar-refractivity contribution in [2.45, 2.75) is 19.9 Å². The molecule has 4 rings (SSSR count). The van der Waals surface area contributed by atoms with E-state index in [2.05, 4.69) is 5.73 Å². The lowest BCUT2D eigenvalue weighted by Gasteiger charge is -2.18. The van der Waals surface area contributed by atoms with Gasteiger partial charge in [-0.25, -0.2) is 4.79 Å². The number of quaternary nitrogens is 1. The number of carbonyl (C=O) groups excluding carboxylic acids is 1. The van der Waals surface area contributed by atoms with Gasteiger partial charge in [-0.1, -0.05) is 19.9 Å². The molecule has 3 N–H and O–H groups in total. The summed E-state index contributed by atoms with van der Waals surface area (Å²) in [6, 6.07) is 9.58. The van der Waals surface area contributed by atoms with E-state index in [1.54, 1.807) is 30.3 Å². The van der Waals surface area contributed by atoms with Crippen LogP contribution in [-0.2, 0) is 4.79 Å². The maximum Gasteiger partial charge on any atom is 0.370 e. The van der Waals surface area contributed by atoms with E-state index < -0.39 is 12.0 Å². The summed E-state index contributed by atoms with van der Waals surface area (Å²) in [7, 11) is 0. The number of ether oxygens (including phenoxy) is 3. The van der Waals surface area contributed by atoms with Crippen LogP contribution < -0.4 is 25.4 Å². The summed E-state index contributed by atoms with van der Waals surface area (Å²) in [5.74, 6) is 1.21. The van der Waals surface area contributed by atoms with E-state index in [1.165, 1.54) is 12.3 Å². The maximum absolute atomic E-state index is 13.0. The maximum atomic E-state index is 13.0. The molecule has 1 aliphatic heterocycles. The number of carbonyl (C=O) groups is 1. The number of rotatable bonds is 4. The van der Waals surface area contributed by atoms with Crippen LogP contribution in [0.15, 0.2) is 51.9 Å². The standard InChI is InChI=1S/C22H21NO6/c1-12(2)20(23)22(25)29-14-4-5-15-18(10-14)28-11-16(21(15)24)13-3-6-17-19(9-13)27-8-7-26-17/h3-6,9-12,20H,7-8,23H2,1-2H3/p+1/t20-/m1/s1. The predicted molar refractivity (Wildman–Crippen MR) is 106 cm³/mol. The molecular formula is C22H22NO6+. The Morgan fingerprint density at radius 3 is 2.59 bits per heavy atom. The van der Waals surface area contributed by atoms with Gasteiger partial charge in [0.25, 0.3) is 0 Å². The van der Waals surface area contributed by atoms with Gasteiger partial charge in [-0.3, -0.25) is 4.79 Å². The Balaban J connectivity index is 1.66. The lowest BCUT2D eigenvalue weighted by atomic mass is 10.0. The first kappa shape index (κ1) is 19.0. The lowest BCUT2D eigenvalue weighted by molar-refractivity contribution is -0.417. The summed E-state index contributed by atoms with van der Waals surface area (Å²) in [5, 5.41) is 0.396. The molecule has 1 aliphatic rings. The minimum absolute atomic E-state index is 0.0643. The molecule has 0 bridgehead atoms. The Morgan fingerprint density at radius 1 is 1.07 bits per heavy atom. The van der Waals surface area contributed by atoms with Crippen LogP contribution in [0, 0.1) is 5.92 Å². The van der Waals surface area contributed by atoms with Crippen molar-refractivity contribution >= 4 is 16.9 Å². The second-order valence-corrected chi connectivity index (χ2v) is 7.27. The fourth-order valence-corrected chi connectivity index (χ4v) is 3.05. The summed E-state index contributed by atoms with van der Waals surface area (Å²) < 4.78 is 22.2. The smallest absolute Gasteiger partial charge is 0.370 e. The fraction of sp³-hybridized carbons (Fsp3) is 0.273. The Bertz CT molecular complexity index is 1130. The molecule has 0 fully saturated rings. The first-order valence-corrected chi connectivity index (χ1v) is 9.44. The monoisotopic (exact) mass is 396 g/mol. The first-order valence-electron chi connectivity index (χ1n) is 9.44. The number of fused-ring (bicyclic) bond motifs is 2. The van der Waals surface area contributed by atoms with Gasteiger partial charge in [0.05, 0.1) is 10.9 Å². The molecule has 2 heterocycles. The van der Waals surface area contributed by atoms with Crippen LogP contribution in [0.25, 0.3) is 22.1 Å². The molecule has 0 saturated carbocycles. The highest BCUT2D eigenvalue weighted by Crippen LogP contribution is 2.34. The van der Waals surface area contributed by atoms with Gasteiger partial charge >= 0.3 is 5.97 Å². The van der Waals surface area contributed by atoms with Crippen LogP contribution in [0.2, 0.25) is 0 Å². The van der Waals surface area contributed by atoms with Gasteiger partial charge in [-0.2, -0.15) is 0 Å². The zero-order valence-electron chi connectivity index (χ0n) is 16.3. The normalized spacial score (nSPS) is 14.1. The zero-order valence-corrected chi connectivity index (χ0v) is 16.3. The minimum atomic E-state index is -0.477. The van der Waals surface area contributed by atoms with Crippen molar-refractivity contribution in [1.82, 2.24) is 0 Å². The Morgan fingerprint density at radius 2 is 1.83 bits per heavy atom. The average molecular weight is 396 g/mol. The lowest BCUT2D eigenvalue weighted by Crippen LogP contribution is -2.68. The Labute approximate surface area is 167 Å². The third-order valence-corrected chi connectivity index (χ3v) is 4.93. The van der Waals surface area contributed by atoms with Gasteiger partial charge < -0.3 is 24.4 Å². The van der Waals surface area contributed by atoms with Crippen molar-refractivity contribution in [2.24, 2.45) is 5.92 Å². The SMILES string of the molecule is CC(C)[C@@H]([NH3+])C(=O)Oc1ccc2c(=O)c(-c3ccc4c(c3)OCCO4)coc2c1. The van der Waals surface area contributed by atoms with Crippen LogP contribution in [0.4, 0.5) is 0 Å². The molecule has 7 heteroatoms. The highest BCUT2D eigenvalue weighted by atomic mass is 16.6.